The summed E-state index contributed by atoms with van der Waals surface area (Å²) >= 11 is 0. The van der Waals surface area contributed by atoms with E-state index < -0.39 is 34.5 Å². The second kappa shape index (κ2) is 11.4. The molecule has 2 N–H and O–H groups in total. The number of phenols is 1. The maximum atomic E-state index is 15.0. The van der Waals surface area contributed by atoms with E-state index in [1.54, 1.807) is 36.4 Å². The number of nitrogens with zero attached hydrogens (tertiary/aromatic N) is 4. The number of hydrogen-bond acceptors (Lipinski definition) is 5. The summed E-state index contributed by atoms with van der Waals surface area (Å²) in [7, 11) is 2.07. The largest absolute Gasteiger partial charge is 0.508 e. The van der Waals surface area contributed by atoms with E-state index >= 15 is 0 Å². The molecule has 6 aromatic rings. The second-order valence-electron chi connectivity index (χ2n) is 11.8. The molecule has 1 unspecified atom stereocenters. The van der Waals surface area contributed by atoms with Gasteiger partial charge in [-0.3, -0.25) is 9.36 Å². The van der Waals surface area contributed by atoms with E-state index in [2.05, 4.69) is 26.9 Å². The Labute approximate surface area is 260 Å². The summed E-state index contributed by atoms with van der Waals surface area (Å²) in [5.74, 6) is -0.639. The van der Waals surface area contributed by atoms with Crippen LogP contribution in [0.4, 0.5) is 17.6 Å². The Morgan fingerprint density at radius 1 is 0.957 bits per heavy atom. The van der Waals surface area contributed by atoms with Gasteiger partial charge in [-0.05, 0) is 92.0 Å². The second-order valence-corrected chi connectivity index (χ2v) is 11.8. The molecule has 2 aromatic heterocycles. The third kappa shape index (κ3) is 5.30. The van der Waals surface area contributed by atoms with Gasteiger partial charge in [-0.2, -0.15) is 13.2 Å². The standard InChI is InChI=1S/C35H29F4N5O2/c1-43-16-14-21(15-17-43)20-6-8-22(9-7-20)24-11-12-28-30(31(24)35(37,38)39)34(46)44(19-40-28)32(25-18-23(36)10-13-29(25)45)33-41-26-4-2-3-5-27(26)42-33/h2-13,18-19,21,32,45H,14-17H2,1H3,(H,41,42). The Hall–Kier alpha value is -5.03. The minimum absolute atomic E-state index is 0.0727. The summed E-state index contributed by atoms with van der Waals surface area (Å²) in [6, 6.07) is 18.6. The molecule has 7 nitrogen and oxygen atoms in total. The van der Waals surface area contributed by atoms with Gasteiger partial charge in [0, 0.05) is 5.56 Å². The molecule has 0 aliphatic carbocycles. The number of nitrogens with one attached hydrogen (secondary N) is 1. The van der Waals surface area contributed by atoms with Gasteiger partial charge in [0.15, 0.2) is 0 Å². The molecule has 0 saturated carbocycles. The highest BCUT2D eigenvalue weighted by molar-refractivity contribution is 5.89. The molecule has 1 aliphatic rings. The third-order valence-corrected chi connectivity index (χ3v) is 8.88. The molecule has 1 saturated heterocycles. The number of aromatic amines is 1. The monoisotopic (exact) mass is 627 g/mol. The smallest absolute Gasteiger partial charge is 0.417 e. The molecule has 11 heteroatoms. The fraction of sp³-hybridized carbons (Fsp3) is 0.229. The predicted molar refractivity (Wildman–Crippen MR) is 167 cm³/mol. The number of hydrogen-bond donors (Lipinski definition) is 2. The lowest BCUT2D eigenvalue weighted by atomic mass is 9.88. The minimum Gasteiger partial charge on any atom is -0.508 e. The zero-order valence-corrected chi connectivity index (χ0v) is 24.7. The summed E-state index contributed by atoms with van der Waals surface area (Å²) in [5.41, 5.74) is -0.0172. The van der Waals surface area contributed by atoms with Crippen LogP contribution in [-0.4, -0.2) is 49.7 Å². The molecule has 0 spiro atoms. The Balaban J connectivity index is 1.42. The fourth-order valence-electron chi connectivity index (χ4n) is 6.49. The first-order chi connectivity index (χ1) is 22.1. The number of aromatic nitrogens is 4. The molecule has 7 rings (SSSR count). The molecule has 3 heterocycles. The first kappa shape index (κ1) is 29.7. The molecule has 1 atom stereocenters. The van der Waals surface area contributed by atoms with Crippen molar-refractivity contribution in [3.05, 3.63) is 124 Å². The normalized spacial score (nSPS) is 15.5. The van der Waals surface area contributed by atoms with Crippen LogP contribution < -0.4 is 5.56 Å². The Bertz CT molecular complexity index is 2100. The van der Waals surface area contributed by atoms with Crippen LogP contribution in [0.5, 0.6) is 5.75 Å². The van der Waals surface area contributed by atoms with Crippen LogP contribution in [0, 0.1) is 5.82 Å². The van der Waals surface area contributed by atoms with Gasteiger partial charge in [0.25, 0.3) is 5.56 Å². The van der Waals surface area contributed by atoms with Crippen molar-refractivity contribution < 1.29 is 22.7 Å². The number of alkyl halides is 3. The zero-order valence-electron chi connectivity index (χ0n) is 24.7. The third-order valence-electron chi connectivity index (χ3n) is 8.88. The van der Waals surface area contributed by atoms with Gasteiger partial charge in [-0.15, -0.1) is 0 Å². The van der Waals surface area contributed by atoms with Gasteiger partial charge in [-0.1, -0.05) is 42.5 Å². The van der Waals surface area contributed by atoms with Crippen LogP contribution in [-0.2, 0) is 6.18 Å². The van der Waals surface area contributed by atoms with Crippen molar-refractivity contribution in [1.82, 2.24) is 24.4 Å². The molecular weight excluding hydrogens is 598 g/mol. The van der Waals surface area contributed by atoms with Crippen molar-refractivity contribution in [2.75, 3.05) is 20.1 Å². The van der Waals surface area contributed by atoms with Crippen LogP contribution in [0.3, 0.4) is 0 Å². The molecule has 0 radical (unpaired) electrons. The quantitative estimate of drug-likeness (QED) is 0.197. The fourth-order valence-corrected chi connectivity index (χ4v) is 6.49. The highest BCUT2D eigenvalue weighted by atomic mass is 19.4. The summed E-state index contributed by atoms with van der Waals surface area (Å²) in [6.45, 7) is 1.91. The van der Waals surface area contributed by atoms with Gasteiger partial charge in [0.2, 0.25) is 0 Å². The number of halogens is 4. The lowest BCUT2D eigenvalue weighted by Gasteiger charge is -2.29. The molecule has 1 aliphatic heterocycles. The number of imidazole rings is 1. The first-order valence-corrected chi connectivity index (χ1v) is 14.9. The van der Waals surface area contributed by atoms with Crippen molar-refractivity contribution in [2.24, 2.45) is 0 Å². The number of phenolic OH excluding ortho intramolecular Hbond substituents is 1. The van der Waals surface area contributed by atoms with Crippen LogP contribution >= 0.6 is 0 Å². The Kier molecular flexibility index (Phi) is 7.35. The van der Waals surface area contributed by atoms with E-state index in [4.69, 9.17) is 0 Å². The van der Waals surface area contributed by atoms with E-state index in [0.717, 1.165) is 60.6 Å². The number of likely N-dealkylation sites (tertiary alicyclic amines) is 1. The van der Waals surface area contributed by atoms with E-state index in [-0.39, 0.29) is 28.2 Å². The van der Waals surface area contributed by atoms with E-state index in [9.17, 15) is 27.5 Å². The number of H-pyrrole nitrogens is 1. The summed E-state index contributed by atoms with van der Waals surface area (Å²) in [4.78, 5) is 28.4. The minimum atomic E-state index is -4.92. The molecule has 0 bridgehead atoms. The number of aromatic hydroxyl groups is 1. The number of fused-ring (bicyclic) bond motifs is 2. The van der Waals surface area contributed by atoms with Crippen molar-refractivity contribution >= 4 is 21.9 Å². The van der Waals surface area contributed by atoms with Crippen LogP contribution in [0.1, 0.15) is 47.3 Å². The average molecular weight is 628 g/mol. The van der Waals surface area contributed by atoms with Gasteiger partial charge in [0.1, 0.15) is 23.4 Å². The number of para-hydroxylation sites is 2. The highest BCUT2D eigenvalue weighted by Crippen LogP contribution is 2.41. The summed E-state index contributed by atoms with van der Waals surface area (Å²) < 4.78 is 60.5. The van der Waals surface area contributed by atoms with Crippen LogP contribution in [0.15, 0.2) is 90.0 Å². The van der Waals surface area contributed by atoms with Crippen molar-refractivity contribution in [1.29, 1.82) is 0 Å². The number of rotatable bonds is 5. The van der Waals surface area contributed by atoms with Gasteiger partial charge in [0.05, 0.1) is 33.8 Å². The SMILES string of the molecule is CN1CCC(c2ccc(-c3ccc4ncn(C(c5nc6ccccc6[nH]5)c5cc(F)ccc5O)c(=O)c4c3C(F)(F)F)cc2)CC1. The van der Waals surface area contributed by atoms with Crippen LogP contribution in [0.2, 0.25) is 0 Å². The summed E-state index contributed by atoms with van der Waals surface area (Å²) in [5, 5.41) is 10.2. The predicted octanol–water partition coefficient (Wildman–Crippen LogP) is 7.25. The van der Waals surface area contributed by atoms with Crippen molar-refractivity contribution in [2.45, 2.75) is 31.0 Å². The maximum Gasteiger partial charge on any atom is 0.417 e. The molecule has 1 fully saturated rings. The van der Waals surface area contributed by atoms with Crippen molar-refractivity contribution in [3.63, 3.8) is 0 Å². The molecular formula is C35H29F4N5O2. The number of benzene rings is 4. The van der Waals surface area contributed by atoms with Gasteiger partial charge in [-0.25, -0.2) is 14.4 Å². The van der Waals surface area contributed by atoms with E-state index in [0.29, 0.717) is 22.5 Å². The lowest BCUT2D eigenvalue weighted by molar-refractivity contribution is -0.135. The van der Waals surface area contributed by atoms with Crippen LogP contribution in [0.25, 0.3) is 33.1 Å². The highest BCUT2D eigenvalue weighted by Gasteiger charge is 2.38. The van der Waals surface area contributed by atoms with E-state index in [1.807, 2.05) is 12.1 Å². The topological polar surface area (TPSA) is 87.0 Å². The number of piperidine rings is 1. The van der Waals surface area contributed by atoms with Gasteiger partial charge < -0.3 is 15.0 Å². The van der Waals surface area contributed by atoms with Gasteiger partial charge >= 0.3 is 6.18 Å². The summed E-state index contributed by atoms with van der Waals surface area (Å²) in [6.07, 6.45) is -1.88. The Morgan fingerprint density at radius 2 is 1.70 bits per heavy atom. The first-order valence-electron chi connectivity index (χ1n) is 14.9. The Morgan fingerprint density at radius 3 is 2.41 bits per heavy atom. The lowest BCUT2D eigenvalue weighted by Crippen LogP contribution is -2.29. The van der Waals surface area contributed by atoms with E-state index in [1.165, 1.54) is 12.1 Å². The molecule has 4 aromatic carbocycles. The average Bonchev–Trinajstić information content (AvgIpc) is 3.47. The molecule has 46 heavy (non-hydrogen) atoms. The molecule has 0 amide bonds. The maximum absolute atomic E-state index is 15.0. The zero-order chi connectivity index (χ0) is 32.2. The molecule has 234 valence electrons. The van der Waals surface area contributed by atoms with Crippen molar-refractivity contribution in [3.8, 4) is 16.9 Å².